The Morgan fingerprint density at radius 3 is 2.12 bits per heavy atom. The van der Waals surface area contributed by atoms with Crippen molar-refractivity contribution in [3.05, 3.63) is 126 Å². The van der Waals surface area contributed by atoms with Crippen molar-refractivity contribution in [3.8, 4) is 11.5 Å². The second kappa shape index (κ2) is 10.7. The van der Waals surface area contributed by atoms with E-state index in [0.717, 1.165) is 5.56 Å². The Kier molecular flexibility index (Phi) is 6.76. The molecule has 0 N–H and O–H groups in total. The fraction of sp³-hybridized carbons (Fsp3) is 0.156. The highest BCUT2D eigenvalue weighted by molar-refractivity contribution is 6.07. The third-order valence-corrected chi connectivity index (χ3v) is 7.14. The van der Waals surface area contributed by atoms with Gasteiger partial charge in [-0.25, -0.2) is 9.86 Å². The van der Waals surface area contributed by atoms with E-state index in [4.69, 9.17) is 14.3 Å². The van der Waals surface area contributed by atoms with Crippen molar-refractivity contribution >= 4 is 23.5 Å². The molecule has 200 valence electrons. The number of fused-ring (bicyclic) bond motifs is 1. The number of hydrogen-bond donors (Lipinski definition) is 0. The van der Waals surface area contributed by atoms with Crippen molar-refractivity contribution in [3.63, 3.8) is 0 Å². The molecule has 4 aromatic carbocycles. The van der Waals surface area contributed by atoms with Crippen LogP contribution in [0.4, 0.5) is 5.69 Å². The van der Waals surface area contributed by atoms with Crippen molar-refractivity contribution in [1.82, 2.24) is 4.90 Å². The summed E-state index contributed by atoms with van der Waals surface area (Å²) in [7, 11) is 1.48. The number of rotatable bonds is 7. The van der Waals surface area contributed by atoms with Crippen LogP contribution < -0.4 is 14.5 Å². The minimum absolute atomic E-state index is 0.171. The van der Waals surface area contributed by atoms with Crippen LogP contribution in [0.1, 0.15) is 27.5 Å². The molecule has 0 radical (unpaired) electrons. The molecule has 2 fully saturated rings. The summed E-state index contributed by atoms with van der Waals surface area (Å²) < 4.78 is 11.2. The van der Waals surface area contributed by atoms with Gasteiger partial charge in [0.15, 0.2) is 17.6 Å². The first kappa shape index (κ1) is 25.3. The largest absolute Gasteiger partial charge is 0.493 e. The summed E-state index contributed by atoms with van der Waals surface area (Å²) in [5.74, 6) is -1.42. The number of methoxy groups -OCH3 is 1. The topological polar surface area (TPSA) is 85.4 Å². The van der Waals surface area contributed by atoms with E-state index in [1.165, 1.54) is 12.0 Å². The third kappa shape index (κ3) is 4.58. The highest BCUT2D eigenvalue weighted by Crippen LogP contribution is 2.48. The maximum atomic E-state index is 13.8. The van der Waals surface area contributed by atoms with Crippen molar-refractivity contribution in [2.45, 2.75) is 18.7 Å². The number of hydrogen-bond acceptors (Lipinski definition) is 7. The molecule has 0 bridgehead atoms. The molecule has 0 aliphatic carbocycles. The molecule has 6 rings (SSSR count). The summed E-state index contributed by atoms with van der Waals surface area (Å²) in [6.45, 7) is 0.171. The smallest absolute Gasteiger partial charge is 0.343 e. The number of benzene rings is 4. The zero-order chi connectivity index (χ0) is 27.6. The Labute approximate surface area is 231 Å². The lowest BCUT2D eigenvalue weighted by atomic mass is 9.90. The zero-order valence-corrected chi connectivity index (χ0v) is 21.7. The molecule has 2 amide bonds. The van der Waals surface area contributed by atoms with Crippen molar-refractivity contribution < 1.29 is 28.7 Å². The highest BCUT2D eigenvalue weighted by Gasteiger charge is 2.59. The number of hydroxylamine groups is 1. The summed E-state index contributed by atoms with van der Waals surface area (Å²) in [6, 6.07) is 31.9. The molecule has 40 heavy (non-hydrogen) atoms. The van der Waals surface area contributed by atoms with E-state index in [0.29, 0.717) is 22.6 Å². The van der Waals surface area contributed by atoms with Crippen LogP contribution in [0.25, 0.3) is 0 Å². The predicted octanol–water partition coefficient (Wildman–Crippen LogP) is 4.96. The number of amides is 2. The van der Waals surface area contributed by atoms with Gasteiger partial charge in [0.1, 0.15) is 5.92 Å². The first-order chi connectivity index (χ1) is 19.5. The van der Waals surface area contributed by atoms with Gasteiger partial charge in [0.25, 0.3) is 5.91 Å². The Morgan fingerprint density at radius 1 is 0.800 bits per heavy atom. The summed E-state index contributed by atoms with van der Waals surface area (Å²) in [5, 5.41) is 1.62. The number of ether oxygens (including phenoxy) is 2. The number of likely N-dealkylation sites (tertiary alicyclic amines) is 1. The fourth-order valence-corrected chi connectivity index (χ4v) is 5.22. The van der Waals surface area contributed by atoms with E-state index in [2.05, 4.69) is 0 Å². The predicted molar refractivity (Wildman–Crippen MR) is 146 cm³/mol. The first-order valence-electron chi connectivity index (χ1n) is 12.9. The zero-order valence-electron chi connectivity index (χ0n) is 21.7. The summed E-state index contributed by atoms with van der Waals surface area (Å²) in [5.41, 5.74) is 2.64. The van der Waals surface area contributed by atoms with E-state index in [1.807, 2.05) is 66.7 Å². The number of nitrogens with zero attached hydrogens (tertiary/aromatic N) is 2. The fourth-order valence-electron chi connectivity index (χ4n) is 5.22. The van der Waals surface area contributed by atoms with Crippen LogP contribution in [0.15, 0.2) is 109 Å². The average molecular weight is 535 g/mol. The molecule has 4 aromatic rings. The maximum absolute atomic E-state index is 13.8. The van der Waals surface area contributed by atoms with Crippen molar-refractivity contribution in [2.24, 2.45) is 5.92 Å². The minimum atomic E-state index is -0.969. The molecule has 2 heterocycles. The first-order valence-corrected chi connectivity index (χ1v) is 12.9. The van der Waals surface area contributed by atoms with Gasteiger partial charge in [0, 0.05) is 0 Å². The Bertz CT molecular complexity index is 1540. The summed E-state index contributed by atoms with van der Waals surface area (Å²) >= 11 is 0. The molecule has 0 unspecified atom stereocenters. The van der Waals surface area contributed by atoms with Gasteiger partial charge in [-0.2, -0.15) is 0 Å². The molecule has 2 aliphatic rings. The maximum Gasteiger partial charge on any atom is 0.343 e. The summed E-state index contributed by atoms with van der Waals surface area (Å²) in [6.07, 6.45) is -0.969. The van der Waals surface area contributed by atoms with Crippen LogP contribution >= 0.6 is 0 Å². The van der Waals surface area contributed by atoms with Gasteiger partial charge >= 0.3 is 5.97 Å². The van der Waals surface area contributed by atoms with Gasteiger partial charge in [-0.15, -0.1) is 0 Å². The normalized spacial score (nSPS) is 20.0. The molecular weight excluding hydrogens is 508 g/mol. The number of carbonyl (C=O) groups is 3. The number of anilines is 1. The number of esters is 1. The van der Waals surface area contributed by atoms with Gasteiger partial charge < -0.3 is 9.47 Å². The molecule has 8 nitrogen and oxygen atoms in total. The van der Waals surface area contributed by atoms with Crippen molar-refractivity contribution in [2.75, 3.05) is 12.2 Å². The van der Waals surface area contributed by atoms with Crippen LogP contribution in [-0.4, -0.2) is 35.9 Å². The van der Waals surface area contributed by atoms with Crippen LogP contribution in [0.3, 0.4) is 0 Å². The molecule has 2 saturated heterocycles. The number of carbonyl (C=O) groups excluding carboxylic acids is 3. The van der Waals surface area contributed by atoms with Gasteiger partial charge in [-0.05, 0) is 47.5 Å². The quantitative estimate of drug-likeness (QED) is 0.188. The molecule has 0 aromatic heterocycles. The standard InChI is InChI=1S/C32H26N2O6/c1-38-26-19-23(17-18-25(26)39-32(37)22-13-7-3-8-14-22)28-27-29(40-34(28)24-15-9-4-10-16-24)31(36)33(30(27)35)20-21-11-5-2-6-12-21/h2-19,27-29H,20H2,1H3/t27-,28-,29-/m1/s1. The van der Waals surface area contributed by atoms with E-state index in [-0.39, 0.29) is 24.1 Å². The second-order valence-corrected chi connectivity index (χ2v) is 9.57. The SMILES string of the molecule is COc1cc([C@@H]2[C@H]3C(=O)N(Cc4ccccc4)C(=O)[C@@H]3ON2c2ccccc2)ccc1OC(=O)c1ccccc1. The number of para-hydroxylation sites is 1. The van der Waals surface area contributed by atoms with Gasteiger partial charge in [0.05, 0.1) is 30.9 Å². The third-order valence-electron chi connectivity index (χ3n) is 7.14. The highest BCUT2D eigenvalue weighted by atomic mass is 16.7. The lowest BCUT2D eigenvalue weighted by Gasteiger charge is -2.29. The lowest BCUT2D eigenvalue weighted by Crippen LogP contribution is -2.36. The number of imide groups is 1. The Hall–Kier alpha value is -4.95. The average Bonchev–Trinajstić information content (AvgIpc) is 3.50. The van der Waals surface area contributed by atoms with Crippen molar-refractivity contribution in [1.29, 1.82) is 0 Å². The molecule has 3 atom stereocenters. The van der Waals surface area contributed by atoms with Gasteiger partial charge in [0.2, 0.25) is 5.91 Å². The molecular formula is C32H26N2O6. The monoisotopic (exact) mass is 534 g/mol. The van der Waals surface area contributed by atoms with Crippen LogP contribution in [-0.2, 0) is 21.0 Å². The van der Waals surface area contributed by atoms with Crippen LogP contribution in [0.5, 0.6) is 11.5 Å². The lowest BCUT2D eigenvalue weighted by molar-refractivity contribution is -0.143. The summed E-state index contributed by atoms with van der Waals surface area (Å²) in [4.78, 5) is 47.4. The minimum Gasteiger partial charge on any atom is -0.493 e. The van der Waals surface area contributed by atoms with E-state index >= 15 is 0 Å². The van der Waals surface area contributed by atoms with Gasteiger partial charge in [-0.1, -0.05) is 72.8 Å². The molecule has 0 saturated carbocycles. The van der Waals surface area contributed by atoms with E-state index in [1.54, 1.807) is 47.5 Å². The van der Waals surface area contributed by atoms with Crippen LogP contribution in [0, 0.1) is 5.92 Å². The molecule has 2 aliphatic heterocycles. The molecule has 0 spiro atoms. The Morgan fingerprint density at radius 2 is 1.45 bits per heavy atom. The van der Waals surface area contributed by atoms with E-state index in [9.17, 15) is 14.4 Å². The van der Waals surface area contributed by atoms with Crippen LogP contribution in [0.2, 0.25) is 0 Å². The van der Waals surface area contributed by atoms with E-state index < -0.39 is 24.0 Å². The second-order valence-electron chi connectivity index (χ2n) is 9.57. The van der Waals surface area contributed by atoms with Gasteiger partial charge in [-0.3, -0.25) is 19.3 Å². The Balaban J connectivity index is 1.35. The molecule has 8 heteroatoms.